The van der Waals surface area contributed by atoms with E-state index in [1.807, 2.05) is 19.1 Å². The van der Waals surface area contributed by atoms with Gasteiger partial charge in [-0.3, -0.25) is 4.79 Å². The zero-order valence-corrected chi connectivity index (χ0v) is 11.9. The molecule has 1 atom stereocenters. The topological polar surface area (TPSA) is 55.1 Å². The molecule has 1 fully saturated rings. The molecule has 19 heavy (non-hydrogen) atoms. The summed E-state index contributed by atoms with van der Waals surface area (Å²) in [6, 6.07) is 8.15. The number of carbonyl (C=O) groups excluding carboxylic acids is 1. The minimum Gasteiger partial charge on any atom is -0.348 e. The molecular formula is C16H24N2O. The summed E-state index contributed by atoms with van der Waals surface area (Å²) in [7, 11) is 0. The molecule has 0 aliphatic heterocycles. The van der Waals surface area contributed by atoms with E-state index in [0.717, 1.165) is 31.2 Å². The Morgan fingerprint density at radius 2 is 1.89 bits per heavy atom. The van der Waals surface area contributed by atoms with Crippen LogP contribution in [0.15, 0.2) is 24.3 Å². The fourth-order valence-corrected chi connectivity index (χ4v) is 2.90. The Balaban J connectivity index is 2.04. The van der Waals surface area contributed by atoms with Crippen LogP contribution in [-0.4, -0.2) is 11.4 Å². The van der Waals surface area contributed by atoms with E-state index < -0.39 is 5.54 Å². The van der Waals surface area contributed by atoms with Crippen molar-refractivity contribution >= 4 is 5.91 Å². The largest absolute Gasteiger partial charge is 0.348 e. The molecule has 104 valence electrons. The van der Waals surface area contributed by atoms with E-state index in [1.54, 1.807) is 0 Å². The number of nitrogens with one attached hydrogen (secondary N) is 1. The lowest BCUT2D eigenvalue weighted by Gasteiger charge is -2.33. The molecule has 0 heterocycles. The van der Waals surface area contributed by atoms with E-state index in [0.29, 0.717) is 0 Å². The first kappa shape index (κ1) is 14.1. The smallest absolute Gasteiger partial charge is 0.240 e. The quantitative estimate of drug-likeness (QED) is 0.878. The van der Waals surface area contributed by atoms with Gasteiger partial charge in [0.05, 0.1) is 11.6 Å². The normalized spacial score (nSPS) is 19.7. The van der Waals surface area contributed by atoms with Crippen LogP contribution in [0.5, 0.6) is 0 Å². The molecule has 0 saturated heterocycles. The molecule has 1 unspecified atom stereocenters. The Bertz CT molecular complexity index is 450. The van der Waals surface area contributed by atoms with Crippen molar-refractivity contribution in [2.45, 2.75) is 57.5 Å². The van der Waals surface area contributed by atoms with Gasteiger partial charge in [0.2, 0.25) is 5.91 Å². The third-order valence-electron chi connectivity index (χ3n) is 4.20. The molecule has 1 amide bonds. The van der Waals surface area contributed by atoms with Crippen LogP contribution in [0.2, 0.25) is 0 Å². The molecular weight excluding hydrogens is 236 g/mol. The molecule has 0 spiro atoms. The lowest BCUT2D eigenvalue weighted by molar-refractivity contribution is -0.128. The van der Waals surface area contributed by atoms with Gasteiger partial charge in [0, 0.05) is 0 Å². The molecule has 0 aromatic heterocycles. The maximum atomic E-state index is 12.4. The predicted octanol–water partition coefficient (Wildman–Crippen LogP) is 2.83. The zero-order valence-electron chi connectivity index (χ0n) is 11.9. The van der Waals surface area contributed by atoms with Crippen LogP contribution in [0.3, 0.4) is 0 Å². The molecule has 3 heteroatoms. The predicted molar refractivity (Wildman–Crippen MR) is 77.7 cm³/mol. The Morgan fingerprint density at radius 3 is 2.53 bits per heavy atom. The second-order valence-corrected chi connectivity index (χ2v) is 5.77. The van der Waals surface area contributed by atoms with Crippen LogP contribution in [0, 0.1) is 6.92 Å². The van der Waals surface area contributed by atoms with Gasteiger partial charge < -0.3 is 11.1 Å². The zero-order chi connectivity index (χ0) is 13.9. The number of hydrogen-bond donors (Lipinski definition) is 2. The van der Waals surface area contributed by atoms with E-state index in [-0.39, 0.29) is 11.9 Å². The van der Waals surface area contributed by atoms with Crippen molar-refractivity contribution in [3.8, 4) is 0 Å². The van der Waals surface area contributed by atoms with Crippen LogP contribution in [0.1, 0.15) is 56.2 Å². The molecule has 1 saturated carbocycles. The SMILES string of the molecule is Cc1ccccc1C(C)NC(=O)C1(N)CCCCC1. The summed E-state index contributed by atoms with van der Waals surface area (Å²) in [5.41, 5.74) is 7.96. The summed E-state index contributed by atoms with van der Waals surface area (Å²) in [4.78, 5) is 12.4. The molecule has 2 rings (SSSR count). The highest BCUT2D eigenvalue weighted by atomic mass is 16.2. The molecule has 1 aliphatic rings. The van der Waals surface area contributed by atoms with Crippen molar-refractivity contribution < 1.29 is 4.79 Å². The van der Waals surface area contributed by atoms with E-state index in [2.05, 4.69) is 24.4 Å². The van der Waals surface area contributed by atoms with Crippen molar-refractivity contribution in [2.75, 3.05) is 0 Å². The standard InChI is InChI=1S/C16H24N2O/c1-12-8-4-5-9-14(12)13(2)18-15(19)16(17)10-6-3-7-11-16/h4-5,8-9,13H,3,6-7,10-11,17H2,1-2H3,(H,18,19). The molecule has 3 nitrogen and oxygen atoms in total. The van der Waals surface area contributed by atoms with Crippen LogP contribution >= 0.6 is 0 Å². The third-order valence-corrected chi connectivity index (χ3v) is 4.20. The van der Waals surface area contributed by atoms with Crippen molar-refractivity contribution in [1.82, 2.24) is 5.32 Å². The first-order valence-electron chi connectivity index (χ1n) is 7.18. The first-order chi connectivity index (χ1) is 9.03. The van der Waals surface area contributed by atoms with Gasteiger partial charge >= 0.3 is 0 Å². The van der Waals surface area contributed by atoms with Gasteiger partial charge in [-0.15, -0.1) is 0 Å². The van der Waals surface area contributed by atoms with E-state index >= 15 is 0 Å². The van der Waals surface area contributed by atoms with Crippen molar-refractivity contribution in [1.29, 1.82) is 0 Å². The fraction of sp³-hybridized carbons (Fsp3) is 0.562. The molecule has 0 radical (unpaired) electrons. The lowest BCUT2D eigenvalue weighted by Crippen LogP contribution is -2.55. The van der Waals surface area contributed by atoms with Crippen LogP contribution < -0.4 is 11.1 Å². The summed E-state index contributed by atoms with van der Waals surface area (Å²) in [6.07, 6.45) is 4.92. The number of nitrogens with two attached hydrogens (primary N) is 1. The average Bonchev–Trinajstić information content (AvgIpc) is 2.40. The van der Waals surface area contributed by atoms with Gasteiger partial charge in [-0.1, -0.05) is 43.5 Å². The number of hydrogen-bond acceptors (Lipinski definition) is 2. The second kappa shape index (κ2) is 5.74. The summed E-state index contributed by atoms with van der Waals surface area (Å²) in [5.74, 6) is 0.00273. The maximum Gasteiger partial charge on any atom is 0.240 e. The van der Waals surface area contributed by atoms with Crippen LogP contribution in [0.25, 0.3) is 0 Å². The number of benzene rings is 1. The second-order valence-electron chi connectivity index (χ2n) is 5.77. The fourth-order valence-electron chi connectivity index (χ4n) is 2.90. The molecule has 1 aromatic rings. The van der Waals surface area contributed by atoms with E-state index in [9.17, 15) is 4.79 Å². The average molecular weight is 260 g/mol. The van der Waals surface area contributed by atoms with Gasteiger partial charge in [-0.2, -0.15) is 0 Å². The summed E-state index contributed by atoms with van der Waals surface area (Å²) >= 11 is 0. The Hall–Kier alpha value is -1.35. The molecule has 3 N–H and O–H groups in total. The number of aryl methyl sites for hydroxylation is 1. The minimum absolute atomic E-state index is 0.00273. The highest BCUT2D eigenvalue weighted by Gasteiger charge is 2.35. The monoisotopic (exact) mass is 260 g/mol. The number of rotatable bonds is 3. The summed E-state index contributed by atoms with van der Waals surface area (Å²) in [5, 5.41) is 3.08. The van der Waals surface area contributed by atoms with E-state index in [4.69, 9.17) is 5.73 Å². The van der Waals surface area contributed by atoms with Gasteiger partial charge in [0.1, 0.15) is 0 Å². The minimum atomic E-state index is -0.658. The van der Waals surface area contributed by atoms with Crippen molar-refractivity contribution in [3.05, 3.63) is 35.4 Å². The third kappa shape index (κ3) is 3.16. The van der Waals surface area contributed by atoms with Crippen molar-refractivity contribution in [2.24, 2.45) is 5.73 Å². The Morgan fingerprint density at radius 1 is 1.26 bits per heavy atom. The molecule has 0 bridgehead atoms. The molecule has 1 aromatic carbocycles. The molecule has 1 aliphatic carbocycles. The number of amides is 1. The van der Waals surface area contributed by atoms with Crippen LogP contribution in [-0.2, 0) is 4.79 Å². The van der Waals surface area contributed by atoms with Crippen LogP contribution in [0.4, 0.5) is 0 Å². The van der Waals surface area contributed by atoms with E-state index in [1.165, 1.54) is 12.0 Å². The lowest BCUT2D eigenvalue weighted by atomic mass is 9.81. The highest BCUT2D eigenvalue weighted by Crippen LogP contribution is 2.27. The summed E-state index contributed by atoms with van der Waals surface area (Å²) in [6.45, 7) is 4.09. The Kier molecular flexibility index (Phi) is 4.25. The van der Waals surface area contributed by atoms with Gasteiger partial charge in [-0.05, 0) is 37.8 Å². The van der Waals surface area contributed by atoms with Gasteiger partial charge in [-0.25, -0.2) is 0 Å². The maximum absolute atomic E-state index is 12.4. The van der Waals surface area contributed by atoms with Gasteiger partial charge in [0.25, 0.3) is 0 Å². The number of carbonyl (C=O) groups is 1. The summed E-state index contributed by atoms with van der Waals surface area (Å²) < 4.78 is 0. The first-order valence-corrected chi connectivity index (χ1v) is 7.18. The highest BCUT2D eigenvalue weighted by molar-refractivity contribution is 5.86. The Labute approximate surface area is 115 Å². The van der Waals surface area contributed by atoms with Crippen molar-refractivity contribution in [3.63, 3.8) is 0 Å². The van der Waals surface area contributed by atoms with Gasteiger partial charge in [0.15, 0.2) is 0 Å².